The molecule has 1 unspecified atom stereocenters. The molecular weight excluding hydrogens is 458 g/mol. The molecule has 1 N–H and O–H groups in total. The fourth-order valence-corrected chi connectivity index (χ4v) is 6.05. The molecule has 0 spiro atoms. The summed E-state index contributed by atoms with van der Waals surface area (Å²) in [6, 6.07) is 14.2. The van der Waals surface area contributed by atoms with Gasteiger partial charge < -0.3 is 19.5 Å². The van der Waals surface area contributed by atoms with Crippen LogP contribution in [0, 0.1) is 11.3 Å². The second kappa shape index (κ2) is 10.7. The molecule has 0 fully saturated rings. The highest BCUT2D eigenvalue weighted by Crippen LogP contribution is 2.46. The van der Waals surface area contributed by atoms with Crippen molar-refractivity contribution < 1.29 is 14.6 Å². The topological polar surface area (TPSA) is 86.4 Å². The number of rotatable bonds is 10. The number of hydrogen-bond donors (Lipinski definition) is 1. The molecule has 7 heteroatoms. The van der Waals surface area contributed by atoms with Crippen LogP contribution in [0.15, 0.2) is 42.6 Å². The second-order valence-electron chi connectivity index (χ2n) is 9.46. The maximum Gasteiger partial charge on any atom is 0.137 e. The molecule has 0 saturated heterocycles. The molecule has 1 aliphatic carbocycles. The normalized spacial score (nSPS) is 16.9. The predicted octanol–water partition coefficient (Wildman–Crippen LogP) is 4.83. The van der Waals surface area contributed by atoms with Gasteiger partial charge in [0, 0.05) is 36.7 Å². The number of carbonyl (C=O) groups is 1. The molecule has 0 bridgehead atoms. The van der Waals surface area contributed by atoms with E-state index < -0.39 is 0 Å². The summed E-state index contributed by atoms with van der Waals surface area (Å²) in [5.41, 5.74) is 4.81. The lowest BCUT2D eigenvalue weighted by Gasteiger charge is -2.33. The van der Waals surface area contributed by atoms with E-state index in [9.17, 15) is 15.2 Å². The Hall–Kier alpha value is -3.05. The highest BCUT2D eigenvalue weighted by molar-refractivity contribution is 7.18. The Morgan fingerprint density at radius 3 is 2.89 bits per heavy atom. The molecule has 0 radical (unpaired) electrons. The average Bonchev–Trinajstić information content (AvgIpc) is 3.45. The standard InChI is InChI=1S/C28H31N3O3S/c1-19(2)34-25-8-7-20(15-21(25)16-29)27-30-17-26(35-27)23-5-4-6-24-22(23)9-10-28(24,11-13-32)18-31(3)12-14-33/h4-8,13,15,17,19,33H,9-12,14,18H2,1-3H3. The van der Waals surface area contributed by atoms with Crippen LogP contribution >= 0.6 is 11.3 Å². The van der Waals surface area contributed by atoms with Gasteiger partial charge in [0.25, 0.3) is 0 Å². The average molecular weight is 490 g/mol. The van der Waals surface area contributed by atoms with Crippen molar-refractivity contribution in [1.29, 1.82) is 5.26 Å². The lowest BCUT2D eigenvalue weighted by Crippen LogP contribution is -2.39. The quantitative estimate of drug-likeness (QED) is 0.411. The van der Waals surface area contributed by atoms with Crippen LogP contribution in [-0.4, -0.2) is 54.1 Å². The van der Waals surface area contributed by atoms with E-state index in [2.05, 4.69) is 34.2 Å². The summed E-state index contributed by atoms with van der Waals surface area (Å²) in [5.74, 6) is 0.585. The van der Waals surface area contributed by atoms with Crippen LogP contribution < -0.4 is 4.74 Å². The van der Waals surface area contributed by atoms with Crippen molar-refractivity contribution >= 4 is 17.6 Å². The number of thiazole rings is 1. The first-order valence-corrected chi connectivity index (χ1v) is 12.7. The van der Waals surface area contributed by atoms with E-state index in [1.165, 1.54) is 11.1 Å². The molecule has 1 aliphatic rings. The summed E-state index contributed by atoms with van der Waals surface area (Å²) in [6.45, 7) is 5.30. The Kier molecular flexibility index (Phi) is 7.66. The first-order valence-electron chi connectivity index (χ1n) is 11.9. The number of carbonyl (C=O) groups excluding carboxylic acids is 1. The van der Waals surface area contributed by atoms with Crippen molar-refractivity contribution in [2.45, 2.75) is 44.6 Å². The second-order valence-corrected chi connectivity index (χ2v) is 10.5. The number of aliphatic hydroxyl groups excluding tert-OH is 1. The zero-order valence-corrected chi connectivity index (χ0v) is 21.3. The SMILES string of the molecule is CC(C)Oc1ccc(-c2ncc(-c3cccc4c3CCC4(CC=O)CN(C)CCO)s2)cc1C#N. The van der Waals surface area contributed by atoms with Gasteiger partial charge in [-0.3, -0.25) is 0 Å². The maximum atomic E-state index is 11.7. The number of aliphatic hydroxyl groups is 1. The highest BCUT2D eigenvalue weighted by Gasteiger charge is 2.40. The Labute approximate surface area is 210 Å². The number of benzene rings is 2. The lowest BCUT2D eigenvalue weighted by molar-refractivity contribution is -0.109. The first kappa shape index (κ1) is 25.1. The number of aromatic nitrogens is 1. The molecule has 3 aromatic rings. The monoisotopic (exact) mass is 489 g/mol. The summed E-state index contributed by atoms with van der Waals surface area (Å²) >= 11 is 1.61. The van der Waals surface area contributed by atoms with Gasteiger partial charge in [-0.2, -0.15) is 5.26 Å². The summed E-state index contributed by atoms with van der Waals surface area (Å²) < 4.78 is 5.75. The van der Waals surface area contributed by atoms with Gasteiger partial charge in [-0.15, -0.1) is 11.3 Å². The number of ether oxygens (including phenoxy) is 1. The van der Waals surface area contributed by atoms with Gasteiger partial charge in [0.1, 0.15) is 23.1 Å². The molecule has 182 valence electrons. The third-order valence-corrected chi connectivity index (χ3v) is 7.69. The van der Waals surface area contributed by atoms with Crippen LogP contribution in [-0.2, 0) is 16.6 Å². The van der Waals surface area contributed by atoms with Crippen LogP contribution in [0.3, 0.4) is 0 Å². The molecule has 0 aliphatic heterocycles. The van der Waals surface area contributed by atoms with Crippen molar-refractivity contribution in [3.05, 3.63) is 59.3 Å². The molecule has 4 rings (SSSR count). The Bertz CT molecular complexity index is 1250. The first-order chi connectivity index (χ1) is 16.9. The number of fused-ring (bicyclic) bond motifs is 1. The smallest absolute Gasteiger partial charge is 0.137 e. The lowest BCUT2D eigenvalue weighted by atomic mass is 9.78. The van der Waals surface area contributed by atoms with Crippen molar-refractivity contribution in [2.75, 3.05) is 26.7 Å². The van der Waals surface area contributed by atoms with Crippen LogP contribution in [0.25, 0.3) is 21.0 Å². The molecule has 35 heavy (non-hydrogen) atoms. The van der Waals surface area contributed by atoms with E-state index in [0.29, 0.717) is 24.3 Å². The largest absolute Gasteiger partial charge is 0.490 e. The van der Waals surface area contributed by atoms with Crippen LogP contribution in [0.1, 0.15) is 43.4 Å². The fraction of sp³-hybridized carbons (Fsp3) is 0.393. The van der Waals surface area contributed by atoms with E-state index >= 15 is 0 Å². The van der Waals surface area contributed by atoms with Gasteiger partial charge in [0.2, 0.25) is 0 Å². The van der Waals surface area contributed by atoms with Crippen molar-refractivity contribution in [3.8, 4) is 32.8 Å². The number of nitriles is 1. The molecule has 0 amide bonds. The maximum absolute atomic E-state index is 11.7. The predicted molar refractivity (Wildman–Crippen MR) is 139 cm³/mol. The summed E-state index contributed by atoms with van der Waals surface area (Å²) in [7, 11) is 1.99. The minimum atomic E-state index is -0.238. The zero-order valence-electron chi connectivity index (χ0n) is 20.5. The molecule has 2 aromatic carbocycles. The van der Waals surface area contributed by atoms with Gasteiger partial charge in [0.05, 0.1) is 23.2 Å². The van der Waals surface area contributed by atoms with Crippen molar-refractivity contribution in [3.63, 3.8) is 0 Å². The molecule has 0 saturated carbocycles. The summed E-state index contributed by atoms with van der Waals surface area (Å²) in [5, 5.41) is 19.8. The van der Waals surface area contributed by atoms with E-state index in [1.807, 2.05) is 45.3 Å². The van der Waals surface area contributed by atoms with E-state index in [1.54, 1.807) is 11.3 Å². The zero-order chi connectivity index (χ0) is 25.0. The minimum absolute atomic E-state index is 0.00523. The van der Waals surface area contributed by atoms with Gasteiger partial charge >= 0.3 is 0 Å². The molecule has 6 nitrogen and oxygen atoms in total. The minimum Gasteiger partial charge on any atom is -0.490 e. The molecule has 1 heterocycles. The van der Waals surface area contributed by atoms with E-state index in [0.717, 1.165) is 46.7 Å². The van der Waals surface area contributed by atoms with Gasteiger partial charge in [-0.1, -0.05) is 18.2 Å². The Balaban J connectivity index is 1.68. The van der Waals surface area contributed by atoms with E-state index in [-0.39, 0.29) is 18.1 Å². The van der Waals surface area contributed by atoms with Gasteiger partial charge in [0.15, 0.2) is 0 Å². The van der Waals surface area contributed by atoms with Crippen LogP contribution in [0.4, 0.5) is 0 Å². The van der Waals surface area contributed by atoms with Crippen LogP contribution in [0.2, 0.25) is 0 Å². The third kappa shape index (κ3) is 5.15. The Morgan fingerprint density at radius 1 is 1.34 bits per heavy atom. The number of likely N-dealkylation sites (N-methyl/N-ethyl adjacent to an activating group) is 1. The Morgan fingerprint density at radius 2 is 2.17 bits per heavy atom. The number of hydrogen-bond acceptors (Lipinski definition) is 7. The summed E-state index contributed by atoms with van der Waals surface area (Å²) in [4.78, 5) is 19.5. The van der Waals surface area contributed by atoms with Crippen molar-refractivity contribution in [2.24, 2.45) is 0 Å². The highest BCUT2D eigenvalue weighted by atomic mass is 32.1. The third-order valence-electron chi connectivity index (χ3n) is 6.61. The molecular formula is C28H31N3O3S. The summed E-state index contributed by atoms with van der Waals surface area (Å²) in [6.07, 6.45) is 5.20. The van der Waals surface area contributed by atoms with E-state index in [4.69, 9.17) is 4.74 Å². The fourth-order valence-electron chi connectivity index (χ4n) is 5.09. The van der Waals surface area contributed by atoms with Crippen LogP contribution in [0.5, 0.6) is 5.75 Å². The van der Waals surface area contributed by atoms with Gasteiger partial charge in [-0.25, -0.2) is 4.98 Å². The van der Waals surface area contributed by atoms with Gasteiger partial charge in [-0.05, 0) is 68.6 Å². The molecule has 1 aromatic heterocycles. The number of aldehydes is 1. The number of nitrogens with zero attached hydrogens (tertiary/aromatic N) is 3. The molecule has 1 atom stereocenters. The van der Waals surface area contributed by atoms with Crippen molar-refractivity contribution in [1.82, 2.24) is 9.88 Å².